The van der Waals surface area contributed by atoms with E-state index in [9.17, 15) is 5.26 Å². The summed E-state index contributed by atoms with van der Waals surface area (Å²) in [5.41, 5.74) is 4.07. The van der Waals surface area contributed by atoms with Gasteiger partial charge in [-0.3, -0.25) is 0 Å². The molecule has 1 atom stereocenters. The van der Waals surface area contributed by atoms with Crippen molar-refractivity contribution in [1.82, 2.24) is 0 Å². The van der Waals surface area contributed by atoms with Crippen molar-refractivity contribution >= 4 is 23.0 Å². The van der Waals surface area contributed by atoms with Crippen LogP contribution in [0.5, 0.6) is 0 Å². The number of para-hydroxylation sites is 1. The Morgan fingerprint density at radius 3 is 2.79 bits per heavy atom. The topological polar surface area (TPSA) is 27.0 Å². The summed E-state index contributed by atoms with van der Waals surface area (Å²) < 4.78 is 0. The van der Waals surface area contributed by atoms with Crippen molar-refractivity contribution in [2.45, 2.75) is 19.4 Å². The van der Waals surface area contributed by atoms with Gasteiger partial charge >= 0.3 is 0 Å². The van der Waals surface area contributed by atoms with Crippen molar-refractivity contribution < 1.29 is 0 Å². The third-order valence-corrected chi connectivity index (χ3v) is 3.78. The van der Waals surface area contributed by atoms with Crippen molar-refractivity contribution in [3.05, 3.63) is 58.6 Å². The number of rotatable bonds is 1. The number of nitrogens with zero attached hydrogens (tertiary/aromatic N) is 2. The van der Waals surface area contributed by atoms with Crippen LogP contribution < -0.4 is 4.90 Å². The second kappa shape index (κ2) is 4.60. The van der Waals surface area contributed by atoms with Crippen LogP contribution in [0.3, 0.4) is 0 Å². The lowest BCUT2D eigenvalue weighted by Crippen LogP contribution is -2.24. The molecule has 1 aliphatic heterocycles. The first-order valence-electron chi connectivity index (χ1n) is 6.27. The fourth-order valence-electron chi connectivity index (χ4n) is 2.74. The molecule has 2 nitrogen and oxygen atoms in total. The van der Waals surface area contributed by atoms with E-state index in [0.717, 1.165) is 12.1 Å². The highest BCUT2D eigenvalue weighted by molar-refractivity contribution is 6.30. The maximum absolute atomic E-state index is 9.30. The van der Waals surface area contributed by atoms with Crippen LogP contribution in [0.2, 0.25) is 5.02 Å². The van der Waals surface area contributed by atoms with Gasteiger partial charge in [0.1, 0.15) is 6.07 Å². The summed E-state index contributed by atoms with van der Waals surface area (Å²) in [5.74, 6) is 0. The molecule has 0 radical (unpaired) electrons. The summed E-state index contributed by atoms with van der Waals surface area (Å²) in [6.07, 6.45) is 1.00. The van der Waals surface area contributed by atoms with Crippen molar-refractivity contribution in [3.63, 3.8) is 0 Å². The average Bonchev–Trinajstić information content (AvgIpc) is 2.74. The van der Waals surface area contributed by atoms with Crippen molar-refractivity contribution in [1.29, 1.82) is 5.26 Å². The molecule has 0 saturated carbocycles. The summed E-state index contributed by atoms with van der Waals surface area (Å²) in [6, 6.07) is 16.4. The lowest BCUT2D eigenvalue weighted by Gasteiger charge is -2.26. The van der Waals surface area contributed by atoms with Crippen LogP contribution in [-0.2, 0) is 6.42 Å². The van der Waals surface area contributed by atoms with Crippen LogP contribution in [0.15, 0.2) is 42.5 Å². The number of nitriles is 1. The predicted molar refractivity (Wildman–Crippen MR) is 77.9 cm³/mol. The molecule has 0 N–H and O–H groups in total. The Balaban J connectivity index is 2.15. The van der Waals surface area contributed by atoms with Crippen molar-refractivity contribution in [2.75, 3.05) is 4.90 Å². The maximum atomic E-state index is 9.30. The molecule has 3 rings (SSSR count). The molecule has 0 aromatic heterocycles. The van der Waals surface area contributed by atoms with Crippen LogP contribution in [0, 0.1) is 11.3 Å². The van der Waals surface area contributed by atoms with E-state index in [0.29, 0.717) is 16.6 Å². The zero-order chi connectivity index (χ0) is 13.4. The summed E-state index contributed by atoms with van der Waals surface area (Å²) in [7, 11) is 0. The van der Waals surface area contributed by atoms with Crippen LogP contribution >= 0.6 is 11.6 Å². The van der Waals surface area contributed by atoms with E-state index in [1.807, 2.05) is 18.2 Å². The molecule has 2 aromatic rings. The van der Waals surface area contributed by atoms with Crippen LogP contribution in [0.25, 0.3) is 0 Å². The number of halogens is 1. The van der Waals surface area contributed by atoms with E-state index in [2.05, 4.69) is 36.1 Å². The molecular formula is C16H13ClN2. The van der Waals surface area contributed by atoms with Gasteiger partial charge in [0.15, 0.2) is 0 Å². The third-order valence-electron chi connectivity index (χ3n) is 3.55. The fraction of sp³-hybridized carbons (Fsp3) is 0.188. The molecular weight excluding hydrogens is 256 g/mol. The molecule has 3 heteroatoms. The molecule has 1 heterocycles. The van der Waals surface area contributed by atoms with E-state index in [4.69, 9.17) is 11.6 Å². The molecule has 2 aromatic carbocycles. The van der Waals surface area contributed by atoms with Gasteiger partial charge in [0.2, 0.25) is 0 Å². The largest absolute Gasteiger partial charge is 0.337 e. The molecule has 0 bridgehead atoms. The van der Waals surface area contributed by atoms with Crippen molar-refractivity contribution in [2.24, 2.45) is 0 Å². The van der Waals surface area contributed by atoms with Gasteiger partial charge < -0.3 is 4.90 Å². The molecule has 0 aliphatic carbocycles. The number of hydrogen-bond acceptors (Lipinski definition) is 2. The van der Waals surface area contributed by atoms with Gasteiger partial charge in [-0.05, 0) is 43.2 Å². The Labute approximate surface area is 117 Å². The first-order chi connectivity index (χ1) is 9.20. The van der Waals surface area contributed by atoms with Crippen LogP contribution in [0.1, 0.15) is 18.1 Å². The highest BCUT2D eigenvalue weighted by atomic mass is 35.5. The number of fused-ring (bicyclic) bond motifs is 1. The molecule has 0 amide bonds. The van der Waals surface area contributed by atoms with Crippen LogP contribution in [-0.4, -0.2) is 6.04 Å². The van der Waals surface area contributed by atoms with Crippen molar-refractivity contribution in [3.8, 4) is 6.07 Å². The summed E-state index contributed by atoms with van der Waals surface area (Å²) in [6.45, 7) is 2.18. The van der Waals surface area contributed by atoms with Gasteiger partial charge in [-0.2, -0.15) is 5.26 Å². The first kappa shape index (κ1) is 12.1. The van der Waals surface area contributed by atoms with E-state index >= 15 is 0 Å². The quantitative estimate of drug-likeness (QED) is 0.771. The van der Waals surface area contributed by atoms with Gasteiger partial charge in [0.05, 0.1) is 11.3 Å². The molecule has 0 saturated heterocycles. The first-order valence-corrected chi connectivity index (χ1v) is 6.65. The molecule has 1 aliphatic rings. The van der Waals surface area contributed by atoms with Gasteiger partial charge in [0.25, 0.3) is 0 Å². The zero-order valence-corrected chi connectivity index (χ0v) is 11.4. The maximum Gasteiger partial charge on any atom is 0.101 e. The Kier molecular flexibility index (Phi) is 2.93. The Morgan fingerprint density at radius 2 is 2.00 bits per heavy atom. The Bertz CT molecular complexity index is 673. The fourth-order valence-corrected chi connectivity index (χ4v) is 2.91. The van der Waals surface area contributed by atoms with Gasteiger partial charge in [-0.1, -0.05) is 29.8 Å². The number of benzene rings is 2. The minimum atomic E-state index is 0.352. The SMILES string of the molecule is CC1Cc2ccccc2N1c1ccc(Cl)cc1C#N. The number of hydrogen-bond donors (Lipinski definition) is 0. The highest BCUT2D eigenvalue weighted by Gasteiger charge is 2.28. The van der Waals surface area contributed by atoms with Crippen LogP contribution in [0.4, 0.5) is 11.4 Å². The van der Waals surface area contributed by atoms with E-state index in [1.54, 1.807) is 6.07 Å². The minimum Gasteiger partial charge on any atom is -0.337 e. The average molecular weight is 269 g/mol. The number of anilines is 2. The van der Waals surface area contributed by atoms with Gasteiger partial charge in [-0.15, -0.1) is 0 Å². The summed E-state index contributed by atoms with van der Waals surface area (Å²) >= 11 is 5.97. The second-order valence-corrected chi connectivity index (χ2v) is 5.26. The lowest BCUT2D eigenvalue weighted by molar-refractivity contribution is 0.758. The minimum absolute atomic E-state index is 0.352. The Morgan fingerprint density at radius 1 is 1.21 bits per heavy atom. The highest BCUT2D eigenvalue weighted by Crippen LogP contribution is 2.39. The molecule has 0 fully saturated rings. The molecule has 1 unspecified atom stereocenters. The van der Waals surface area contributed by atoms with Gasteiger partial charge in [-0.25, -0.2) is 0 Å². The molecule has 94 valence electrons. The summed E-state index contributed by atoms with van der Waals surface area (Å²) in [4.78, 5) is 2.23. The predicted octanol–water partition coefficient (Wildman–Crippen LogP) is 4.29. The monoisotopic (exact) mass is 268 g/mol. The summed E-state index contributed by atoms with van der Waals surface area (Å²) in [5, 5.41) is 9.90. The third kappa shape index (κ3) is 1.97. The standard InChI is InChI=1S/C16H13ClN2/c1-11-8-12-4-2-3-5-15(12)19(11)16-7-6-14(17)9-13(16)10-18/h2-7,9,11H,8H2,1H3. The zero-order valence-electron chi connectivity index (χ0n) is 10.6. The molecule has 19 heavy (non-hydrogen) atoms. The van der Waals surface area contributed by atoms with E-state index in [-0.39, 0.29) is 0 Å². The van der Waals surface area contributed by atoms with E-state index < -0.39 is 0 Å². The normalized spacial score (nSPS) is 17.1. The molecule has 0 spiro atoms. The smallest absolute Gasteiger partial charge is 0.101 e. The Hall–Kier alpha value is -1.98. The second-order valence-electron chi connectivity index (χ2n) is 4.83. The lowest BCUT2D eigenvalue weighted by atomic mass is 10.1. The van der Waals surface area contributed by atoms with Gasteiger partial charge in [0, 0.05) is 16.8 Å². The van der Waals surface area contributed by atoms with E-state index in [1.165, 1.54) is 11.3 Å².